The van der Waals surface area contributed by atoms with E-state index in [1.54, 1.807) is 0 Å². The molecule has 0 aliphatic heterocycles. The van der Waals surface area contributed by atoms with Gasteiger partial charge in [0.1, 0.15) is 0 Å². The Morgan fingerprint density at radius 3 is 0.804 bits per heavy atom. The minimum atomic E-state index is 1.12. The maximum Gasteiger partial charge on any atom is 0.0468 e. The van der Waals surface area contributed by atoms with E-state index < -0.39 is 0 Å². The van der Waals surface area contributed by atoms with Crippen LogP contribution in [0.2, 0.25) is 0 Å². The van der Waals surface area contributed by atoms with Crippen LogP contribution in [-0.4, -0.2) is 0 Å². The van der Waals surface area contributed by atoms with E-state index in [9.17, 15) is 0 Å². The molecule has 0 unspecified atom stereocenters. The Bertz CT molecular complexity index is 2410. The number of hydrogen-bond donors (Lipinski definition) is 0. The quantitative estimate of drug-likeness (QED) is 0.154. The third kappa shape index (κ3) is 8.11. The summed E-state index contributed by atoms with van der Waals surface area (Å²) in [5.41, 5.74) is 11.5. The molecule has 0 fully saturated rings. The first-order chi connectivity index (χ1) is 27.8. The molecule has 0 heterocycles. The van der Waals surface area contributed by atoms with Crippen molar-refractivity contribution < 1.29 is 0 Å². The van der Waals surface area contributed by atoms with Gasteiger partial charge in [-0.3, -0.25) is 0 Å². The standard InChI is InChI=1S/C50H36N2.2C2H6/c1-3-15-45(16-4-1)51(49-33-27-37-11-7-9-13-43(37)35-49)47-29-23-41(24-30-47)39-19-21-40(22-20-39)42-25-31-48(32-26-42)52(46-17-5-2-6-18-46)50-34-28-38-12-8-10-14-44(38)36-50;2*1-2/h1-36H;2*1-2H3. The van der Waals surface area contributed by atoms with E-state index in [2.05, 4.69) is 228 Å². The molecule has 0 bridgehead atoms. The first-order valence-electron chi connectivity index (χ1n) is 19.8. The lowest BCUT2D eigenvalue weighted by molar-refractivity contribution is 1.29. The molecule has 274 valence electrons. The fourth-order valence-electron chi connectivity index (χ4n) is 7.14. The Balaban J connectivity index is 0.00000117. The second-order valence-corrected chi connectivity index (χ2v) is 13.1. The fourth-order valence-corrected chi connectivity index (χ4v) is 7.14. The lowest BCUT2D eigenvalue weighted by Gasteiger charge is -2.26. The van der Waals surface area contributed by atoms with Crippen molar-refractivity contribution in [2.24, 2.45) is 0 Å². The lowest BCUT2D eigenvalue weighted by Crippen LogP contribution is -2.09. The van der Waals surface area contributed by atoms with Gasteiger partial charge in [0.05, 0.1) is 0 Å². The molecule has 56 heavy (non-hydrogen) atoms. The Morgan fingerprint density at radius 2 is 0.464 bits per heavy atom. The Hall–Kier alpha value is -6.90. The van der Waals surface area contributed by atoms with E-state index in [0.717, 1.165) is 34.1 Å². The van der Waals surface area contributed by atoms with Gasteiger partial charge in [0.2, 0.25) is 0 Å². The highest BCUT2D eigenvalue weighted by Crippen LogP contribution is 2.39. The zero-order valence-electron chi connectivity index (χ0n) is 32.7. The van der Waals surface area contributed by atoms with Crippen molar-refractivity contribution in [1.29, 1.82) is 0 Å². The first kappa shape index (κ1) is 37.4. The molecule has 9 aromatic rings. The van der Waals surface area contributed by atoms with Gasteiger partial charge in [-0.1, -0.05) is 173 Å². The number of para-hydroxylation sites is 2. The highest BCUT2D eigenvalue weighted by molar-refractivity contribution is 5.91. The normalized spacial score (nSPS) is 10.5. The minimum Gasteiger partial charge on any atom is -0.310 e. The topological polar surface area (TPSA) is 6.48 Å². The zero-order chi connectivity index (χ0) is 38.7. The van der Waals surface area contributed by atoms with Gasteiger partial charge in [-0.15, -0.1) is 0 Å². The van der Waals surface area contributed by atoms with Crippen molar-refractivity contribution in [3.05, 3.63) is 218 Å². The van der Waals surface area contributed by atoms with Gasteiger partial charge in [-0.25, -0.2) is 0 Å². The second-order valence-electron chi connectivity index (χ2n) is 13.1. The van der Waals surface area contributed by atoms with Crippen LogP contribution in [0.25, 0.3) is 43.8 Å². The van der Waals surface area contributed by atoms with Gasteiger partial charge >= 0.3 is 0 Å². The number of anilines is 6. The van der Waals surface area contributed by atoms with Crippen molar-refractivity contribution in [2.45, 2.75) is 27.7 Å². The number of rotatable bonds is 8. The van der Waals surface area contributed by atoms with Gasteiger partial charge in [0.15, 0.2) is 0 Å². The van der Waals surface area contributed by atoms with Crippen molar-refractivity contribution >= 4 is 55.7 Å². The SMILES string of the molecule is CC.CC.c1ccc(N(c2ccc(-c3ccc(-c4ccc(N(c5ccccc5)c5ccc6ccccc6c5)cc4)cc3)cc2)c2ccc3ccccc3c2)cc1. The summed E-state index contributed by atoms with van der Waals surface area (Å²) >= 11 is 0. The second kappa shape index (κ2) is 18.0. The van der Waals surface area contributed by atoms with Crippen molar-refractivity contribution in [2.75, 3.05) is 9.80 Å². The Labute approximate surface area is 332 Å². The van der Waals surface area contributed by atoms with Crippen molar-refractivity contribution in [3.63, 3.8) is 0 Å². The van der Waals surface area contributed by atoms with Crippen LogP contribution in [0.4, 0.5) is 34.1 Å². The molecule has 0 spiro atoms. The molecule has 0 radical (unpaired) electrons. The summed E-state index contributed by atoms with van der Waals surface area (Å²) in [6.45, 7) is 8.00. The van der Waals surface area contributed by atoms with Crippen LogP contribution >= 0.6 is 0 Å². The maximum absolute atomic E-state index is 2.32. The number of nitrogens with zero attached hydrogens (tertiary/aromatic N) is 2. The molecule has 0 aromatic heterocycles. The third-order valence-electron chi connectivity index (χ3n) is 9.81. The van der Waals surface area contributed by atoms with Gasteiger partial charge in [0.25, 0.3) is 0 Å². The molecule has 0 saturated heterocycles. The van der Waals surface area contributed by atoms with Gasteiger partial charge in [-0.2, -0.15) is 0 Å². The molecule has 2 heteroatoms. The van der Waals surface area contributed by atoms with E-state index in [-0.39, 0.29) is 0 Å². The van der Waals surface area contributed by atoms with Crippen molar-refractivity contribution in [1.82, 2.24) is 0 Å². The molecular weight excluding hydrogens is 677 g/mol. The fraction of sp³-hybridized carbons (Fsp3) is 0.0741. The van der Waals surface area contributed by atoms with E-state index in [4.69, 9.17) is 0 Å². The molecule has 0 saturated carbocycles. The van der Waals surface area contributed by atoms with Crippen LogP contribution in [0.1, 0.15) is 27.7 Å². The summed E-state index contributed by atoms with van der Waals surface area (Å²) in [4.78, 5) is 4.64. The lowest BCUT2D eigenvalue weighted by atomic mass is 9.99. The van der Waals surface area contributed by atoms with Gasteiger partial charge in [0, 0.05) is 34.1 Å². The Kier molecular flexibility index (Phi) is 12.0. The number of hydrogen-bond acceptors (Lipinski definition) is 2. The Morgan fingerprint density at radius 1 is 0.214 bits per heavy atom. The summed E-state index contributed by atoms with van der Waals surface area (Å²) in [6, 6.07) is 78.2. The van der Waals surface area contributed by atoms with Crippen LogP contribution in [0, 0.1) is 0 Å². The van der Waals surface area contributed by atoms with Crippen molar-refractivity contribution in [3.8, 4) is 22.3 Å². The van der Waals surface area contributed by atoms with Crippen LogP contribution < -0.4 is 9.80 Å². The molecule has 0 aliphatic rings. The van der Waals surface area contributed by atoms with E-state index in [0.29, 0.717) is 0 Å². The van der Waals surface area contributed by atoms with Crippen LogP contribution in [-0.2, 0) is 0 Å². The van der Waals surface area contributed by atoms with Gasteiger partial charge < -0.3 is 9.80 Å². The summed E-state index contributed by atoms with van der Waals surface area (Å²) in [5, 5.41) is 4.93. The molecule has 0 amide bonds. The van der Waals surface area contributed by atoms with Crippen LogP contribution in [0.5, 0.6) is 0 Å². The van der Waals surface area contributed by atoms with E-state index in [1.807, 2.05) is 27.7 Å². The van der Waals surface area contributed by atoms with E-state index in [1.165, 1.54) is 43.8 Å². The highest BCUT2D eigenvalue weighted by atomic mass is 15.1. The molecule has 9 aromatic carbocycles. The number of fused-ring (bicyclic) bond motifs is 2. The molecule has 9 rings (SSSR count). The van der Waals surface area contributed by atoms with E-state index >= 15 is 0 Å². The average Bonchev–Trinajstić information content (AvgIpc) is 3.29. The molecule has 0 N–H and O–H groups in total. The molecule has 0 aliphatic carbocycles. The largest absolute Gasteiger partial charge is 0.310 e. The molecule has 2 nitrogen and oxygen atoms in total. The summed E-state index contributed by atoms with van der Waals surface area (Å²) in [5.74, 6) is 0. The first-order valence-corrected chi connectivity index (χ1v) is 19.8. The number of benzene rings is 9. The summed E-state index contributed by atoms with van der Waals surface area (Å²) < 4.78 is 0. The minimum absolute atomic E-state index is 1.12. The average molecular weight is 725 g/mol. The predicted octanol–water partition coefficient (Wildman–Crippen LogP) is 16.3. The maximum atomic E-state index is 2.32. The predicted molar refractivity (Wildman–Crippen MR) is 244 cm³/mol. The summed E-state index contributed by atoms with van der Waals surface area (Å²) in [7, 11) is 0. The highest BCUT2D eigenvalue weighted by Gasteiger charge is 2.15. The van der Waals surface area contributed by atoms with Crippen LogP contribution in [0.15, 0.2) is 218 Å². The third-order valence-corrected chi connectivity index (χ3v) is 9.81. The van der Waals surface area contributed by atoms with Crippen LogP contribution in [0.3, 0.4) is 0 Å². The monoisotopic (exact) mass is 724 g/mol. The molecule has 0 atom stereocenters. The summed E-state index contributed by atoms with van der Waals surface area (Å²) in [6.07, 6.45) is 0. The smallest absolute Gasteiger partial charge is 0.0468 e. The molecular formula is C54H48N2. The van der Waals surface area contributed by atoms with Gasteiger partial charge in [-0.05, 0) is 117 Å². The zero-order valence-corrected chi connectivity index (χ0v) is 32.7.